The van der Waals surface area contributed by atoms with Gasteiger partial charge in [0, 0.05) is 43.0 Å². The highest BCUT2D eigenvalue weighted by Crippen LogP contribution is 2.24. The van der Waals surface area contributed by atoms with Crippen molar-refractivity contribution in [2.75, 3.05) is 11.4 Å². The predicted octanol–water partition coefficient (Wildman–Crippen LogP) is 2.78. The number of amides is 1. The first-order valence-electron chi connectivity index (χ1n) is 8.26. The van der Waals surface area contributed by atoms with Crippen molar-refractivity contribution in [3.63, 3.8) is 0 Å². The Morgan fingerprint density at radius 2 is 1.96 bits per heavy atom. The second kappa shape index (κ2) is 6.93. The first kappa shape index (κ1) is 17.0. The number of ether oxygens (including phenoxy) is 1. The number of carbonyl (C=O) groups is 2. The molecule has 1 saturated heterocycles. The molecule has 1 aliphatic rings. The minimum Gasteiger partial charge on any atom is -0.423 e. The molecule has 0 aliphatic carbocycles. The van der Waals surface area contributed by atoms with Crippen molar-refractivity contribution in [3.05, 3.63) is 47.3 Å². The lowest BCUT2D eigenvalue weighted by Gasteiger charge is -2.15. The van der Waals surface area contributed by atoms with Crippen LogP contribution in [0, 0.1) is 13.8 Å². The van der Waals surface area contributed by atoms with E-state index >= 15 is 0 Å². The van der Waals surface area contributed by atoms with Crippen molar-refractivity contribution in [3.8, 4) is 5.75 Å². The third-order valence-electron chi connectivity index (χ3n) is 4.39. The van der Waals surface area contributed by atoms with Gasteiger partial charge in [0.1, 0.15) is 5.75 Å². The third kappa shape index (κ3) is 3.63. The number of esters is 1. The number of hydrogen-bond acceptors (Lipinski definition) is 4. The molecule has 2 heterocycles. The molecule has 0 bridgehead atoms. The zero-order valence-electron chi connectivity index (χ0n) is 14.7. The Bertz CT molecular complexity index is 834. The fourth-order valence-electron chi connectivity index (χ4n) is 2.95. The van der Waals surface area contributed by atoms with Gasteiger partial charge in [0.2, 0.25) is 5.91 Å². The van der Waals surface area contributed by atoms with Crippen molar-refractivity contribution in [1.29, 1.82) is 0 Å². The summed E-state index contributed by atoms with van der Waals surface area (Å²) in [5, 5.41) is 4.31. The smallest absolute Gasteiger partial charge is 0.336 e. The van der Waals surface area contributed by atoms with Crippen molar-refractivity contribution in [2.45, 2.75) is 26.7 Å². The Hall–Kier alpha value is -2.89. The van der Waals surface area contributed by atoms with Gasteiger partial charge < -0.3 is 9.64 Å². The van der Waals surface area contributed by atoms with Crippen LogP contribution >= 0.6 is 0 Å². The summed E-state index contributed by atoms with van der Waals surface area (Å²) in [6.07, 6.45) is 4.59. The molecule has 0 radical (unpaired) electrons. The summed E-state index contributed by atoms with van der Waals surface area (Å²) in [6, 6.07) is 7.00. The number of benzene rings is 1. The van der Waals surface area contributed by atoms with Crippen LogP contribution in [0.1, 0.15) is 29.8 Å². The third-order valence-corrected chi connectivity index (χ3v) is 4.39. The van der Waals surface area contributed by atoms with Gasteiger partial charge in [-0.15, -0.1) is 0 Å². The SMILES string of the molecule is Cc1nn(C)c(C)c1/C=C/C(=O)Oc1ccc(N2CCCC2=O)cc1. The summed E-state index contributed by atoms with van der Waals surface area (Å²) in [5.74, 6) is 0.132. The van der Waals surface area contributed by atoms with E-state index < -0.39 is 5.97 Å². The van der Waals surface area contributed by atoms with Crippen LogP contribution in [0.25, 0.3) is 6.08 Å². The second-order valence-electron chi connectivity index (χ2n) is 6.11. The van der Waals surface area contributed by atoms with Crippen molar-refractivity contribution in [2.24, 2.45) is 7.05 Å². The van der Waals surface area contributed by atoms with Gasteiger partial charge >= 0.3 is 5.97 Å². The van der Waals surface area contributed by atoms with Gasteiger partial charge in [-0.2, -0.15) is 5.10 Å². The highest BCUT2D eigenvalue weighted by Gasteiger charge is 2.21. The molecule has 1 aromatic heterocycles. The number of aromatic nitrogens is 2. The molecule has 0 N–H and O–H groups in total. The number of nitrogens with zero attached hydrogens (tertiary/aromatic N) is 3. The van der Waals surface area contributed by atoms with Crippen LogP contribution in [0.4, 0.5) is 5.69 Å². The van der Waals surface area contributed by atoms with E-state index in [1.807, 2.05) is 20.9 Å². The largest absolute Gasteiger partial charge is 0.423 e. The van der Waals surface area contributed by atoms with Crippen LogP contribution in [0.15, 0.2) is 30.3 Å². The van der Waals surface area contributed by atoms with E-state index in [0.29, 0.717) is 12.2 Å². The van der Waals surface area contributed by atoms with Crippen LogP contribution in [-0.2, 0) is 16.6 Å². The first-order chi connectivity index (χ1) is 12.0. The lowest BCUT2D eigenvalue weighted by molar-refractivity contribution is -0.128. The maximum Gasteiger partial charge on any atom is 0.336 e. The highest BCUT2D eigenvalue weighted by atomic mass is 16.5. The summed E-state index contributed by atoms with van der Waals surface area (Å²) in [4.78, 5) is 25.5. The van der Waals surface area contributed by atoms with Gasteiger partial charge in [-0.3, -0.25) is 9.48 Å². The van der Waals surface area contributed by atoms with Crippen LogP contribution in [-0.4, -0.2) is 28.2 Å². The van der Waals surface area contributed by atoms with Gasteiger partial charge in [-0.1, -0.05) is 0 Å². The molecule has 6 nitrogen and oxygen atoms in total. The van der Waals surface area contributed by atoms with Gasteiger partial charge in [0.15, 0.2) is 0 Å². The minimum atomic E-state index is -0.451. The van der Waals surface area contributed by atoms with E-state index in [-0.39, 0.29) is 5.91 Å². The molecule has 6 heteroatoms. The predicted molar refractivity (Wildman–Crippen MR) is 95.4 cm³/mol. The summed E-state index contributed by atoms with van der Waals surface area (Å²) in [6.45, 7) is 4.59. The molecule has 0 spiro atoms. The summed E-state index contributed by atoms with van der Waals surface area (Å²) in [5.41, 5.74) is 3.60. The highest BCUT2D eigenvalue weighted by molar-refractivity contribution is 5.95. The number of carbonyl (C=O) groups excluding carboxylic acids is 2. The monoisotopic (exact) mass is 339 g/mol. The molecule has 1 aliphatic heterocycles. The molecule has 3 rings (SSSR count). The Morgan fingerprint density at radius 3 is 2.52 bits per heavy atom. The molecule has 1 amide bonds. The lowest BCUT2D eigenvalue weighted by Crippen LogP contribution is -2.23. The molecular formula is C19H21N3O3. The lowest BCUT2D eigenvalue weighted by atomic mass is 10.2. The number of anilines is 1. The van der Waals surface area contributed by atoms with Crippen molar-refractivity contribution < 1.29 is 14.3 Å². The summed E-state index contributed by atoms with van der Waals surface area (Å²) >= 11 is 0. The fourth-order valence-corrected chi connectivity index (χ4v) is 2.95. The number of rotatable bonds is 4. The fraction of sp³-hybridized carbons (Fsp3) is 0.316. The molecule has 0 saturated carbocycles. The standard InChI is InChI=1S/C19H21N3O3/c1-13-17(14(2)21(3)20-13)10-11-19(24)25-16-8-6-15(7-9-16)22-12-4-5-18(22)23/h6-11H,4-5,12H2,1-3H3/b11-10+. The maximum absolute atomic E-state index is 12.0. The Balaban J connectivity index is 1.65. The maximum atomic E-state index is 12.0. The number of hydrogen-bond donors (Lipinski definition) is 0. The van der Waals surface area contributed by atoms with Crippen LogP contribution in [0.5, 0.6) is 5.75 Å². The van der Waals surface area contributed by atoms with Gasteiger partial charge in [0.05, 0.1) is 5.69 Å². The van der Waals surface area contributed by atoms with E-state index in [1.54, 1.807) is 39.9 Å². The topological polar surface area (TPSA) is 64.4 Å². The van der Waals surface area contributed by atoms with E-state index in [2.05, 4.69) is 5.10 Å². The second-order valence-corrected chi connectivity index (χ2v) is 6.11. The van der Waals surface area contributed by atoms with E-state index in [0.717, 1.165) is 35.6 Å². The molecule has 2 aromatic rings. The Labute approximate surface area is 146 Å². The molecular weight excluding hydrogens is 318 g/mol. The van der Waals surface area contributed by atoms with Gasteiger partial charge in [-0.25, -0.2) is 4.79 Å². The van der Waals surface area contributed by atoms with Crippen LogP contribution in [0.2, 0.25) is 0 Å². The average Bonchev–Trinajstić information content (AvgIpc) is 3.10. The van der Waals surface area contributed by atoms with Crippen molar-refractivity contribution in [1.82, 2.24) is 9.78 Å². The summed E-state index contributed by atoms with van der Waals surface area (Å²) < 4.78 is 7.09. The average molecular weight is 339 g/mol. The number of aryl methyl sites for hydroxylation is 2. The quantitative estimate of drug-likeness (QED) is 0.488. The molecule has 130 valence electrons. The zero-order valence-corrected chi connectivity index (χ0v) is 14.7. The summed E-state index contributed by atoms with van der Waals surface area (Å²) in [7, 11) is 1.87. The van der Waals surface area contributed by atoms with Gasteiger partial charge in [-0.05, 0) is 50.6 Å². The van der Waals surface area contributed by atoms with Crippen LogP contribution in [0.3, 0.4) is 0 Å². The first-order valence-corrected chi connectivity index (χ1v) is 8.26. The molecule has 1 fully saturated rings. The molecule has 1 aromatic carbocycles. The van der Waals surface area contributed by atoms with Crippen LogP contribution < -0.4 is 9.64 Å². The normalized spacial score (nSPS) is 14.5. The van der Waals surface area contributed by atoms with E-state index in [9.17, 15) is 9.59 Å². The zero-order chi connectivity index (χ0) is 18.0. The van der Waals surface area contributed by atoms with Crippen molar-refractivity contribution >= 4 is 23.6 Å². The Morgan fingerprint density at radius 1 is 1.24 bits per heavy atom. The Kier molecular flexibility index (Phi) is 4.70. The molecule has 25 heavy (non-hydrogen) atoms. The minimum absolute atomic E-state index is 0.134. The van der Waals surface area contributed by atoms with E-state index in [1.165, 1.54) is 6.08 Å². The molecule has 0 atom stereocenters. The molecule has 0 unspecified atom stereocenters. The van der Waals surface area contributed by atoms with E-state index in [4.69, 9.17) is 4.74 Å². The van der Waals surface area contributed by atoms with Gasteiger partial charge in [0.25, 0.3) is 0 Å².